The van der Waals surface area contributed by atoms with Crippen molar-refractivity contribution in [3.8, 4) is 5.75 Å². The van der Waals surface area contributed by atoms with Gasteiger partial charge >= 0.3 is 0 Å². The molecule has 0 spiro atoms. The molecule has 1 aromatic heterocycles. The van der Waals surface area contributed by atoms with E-state index in [1.165, 1.54) is 22.7 Å². The molecule has 7 nitrogen and oxygen atoms in total. The number of rotatable bonds is 10. The Kier molecular flexibility index (Phi) is 9.06. The molecule has 3 rings (SSSR count). The van der Waals surface area contributed by atoms with Crippen molar-refractivity contribution < 1.29 is 19.1 Å². The van der Waals surface area contributed by atoms with Gasteiger partial charge in [-0.05, 0) is 42.0 Å². The fourth-order valence-electron chi connectivity index (χ4n) is 4.03. The minimum absolute atomic E-state index is 0.103. The standard InChI is InChI=1S/C25H31N3O4S/c1-3-15-28(22(29)17-26-24(30)21-10-7-16-33-21)23(18-11-13-20(32-2)14-12-18)25(31)27-19-8-5-4-6-9-19/h3,7,10-14,16,19,23H,1,4-6,8-9,15,17H2,2H3,(H,26,30)(H,27,31)/t23-/m0/s1. The Bertz CT molecular complexity index is 937. The number of nitrogens with one attached hydrogen (secondary N) is 2. The van der Waals surface area contributed by atoms with Gasteiger partial charge in [0.25, 0.3) is 5.91 Å². The van der Waals surface area contributed by atoms with Gasteiger partial charge in [0.15, 0.2) is 0 Å². The van der Waals surface area contributed by atoms with E-state index in [0.29, 0.717) is 16.2 Å². The number of amides is 3. The first-order valence-electron chi connectivity index (χ1n) is 11.2. The first-order valence-corrected chi connectivity index (χ1v) is 12.1. The van der Waals surface area contributed by atoms with Gasteiger partial charge in [-0.2, -0.15) is 0 Å². The van der Waals surface area contributed by atoms with E-state index in [9.17, 15) is 14.4 Å². The summed E-state index contributed by atoms with van der Waals surface area (Å²) in [5.74, 6) is -0.245. The summed E-state index contributed by atoms with van der Waals surface area (Å²) < 4.78 is 5.24. The molecule has 0 radical (unpaired) electrons. The normalized spacial score (nSPS) is 14.7. The summed E-state index contributed by atoms with van der Waals surface area (Å²) >= 11 is 1.30. The zero-order chi connectivity index (χ0) is 23.6. The Morgan fingerprint density at radius 2 is 1.91 bits per heavy atom. The maximum atomic E-state index is 13.5. The van der Waals surface area contributed by atoms with Crippen LogP contribution in [-0.2, 0) is 9.59 Å². The zero-order valence-electron chi connectivity index (χ0n) is 18.9. The molecule has 0 bridgehead atoms. The number of carbonyl (C=O) groups is 3. The lowest BCUT2D eigenvalue weighted by atomic mass is 9.94. The summed E-state index contributed by atoms with van der Waals surface area (Å²) in [5, 5.41) is 7.61. The average molecular weight is 470 g/mol. The van der Waals surface area contributed by atoms with Gasteiger partial charge in [0.05, 0.1) is 18.5 Å². The largest absolute Gasteiger partial charge is 0.497 e. The highest BCUT2D eigenvalue weighted by Gasteiger charge is 2.32. The number of methoxy groups -OCH3 is 1. The van der Waals surface area contributed by atoms with Crippen LogP contribution in [0.25, 0.3) is 0 Å². The Morgan fingerprint density at radius 1 is 1.18 bits per heavy atom. The highest BCUT2D eigenvalue weighted by atomic mass is 32.1. The molecule has 0 unspecified atom stereocenters. The molecule has 176 valence electrons. The number of carbonyl (C=O) groups excluding carboxylic acids is 3. The Labute approximate surface area is 198 Å². The fraction of sp³-hybridized carbons (Fsp3) is 0.400. The van der Waals surface area contributed by atoms with E-state index in [4.69, 9.17) is 4.74 Å². The van der Waals surface area contributed by atoms with Crippen molar-refractivity contribution in [3.63, 3.8) is 0 Å². The summed E-state index contributed by atoms with van der Waals surface area (Å²) in [5.41, 5.74) is 0.670. The van der Waals surface area contributed by atoms with Gasteiger partial charge in [0, 0.05) is 12.6 Å². The second kappa shape index (κ2) is 12.2. The number of nitrogens with zero attached hydrogens (tertiary/aromatic N) is 1. The maximum Gasteiger partial charge on any atom is 0.261 e. The van der Waals surface area contributed by atoms with Crippen molar-refractivity contribution in [1.29, 1.82) is 0 Å². The van der Waals surface area contributed by atoms with Gasteiger partial charge in [-0.3, -0.25) is 14.4 Å². The lowest BCUT2D eigenvalue weighted by Crippen LogP contribution is -2.49. The van der Waals surface area contributed by atoms with Crippen LogP contribution in [0.15, 0.2) is 54.4 Å². The minimum atomic E-state index is -0.845. The van der Waals surface area contributed by atoms with E-state index in [-0.39, 0.29) is 36.9 Å². The van der Waals surface area contributed by atoms with Crippen molar-refractivity contribution in [2.45, 2.75) is 44.2 Å². The third kappa shape index (κ3) is 6.68. The van der Waals surface area contributed by atoms with Gasteiger partial charge in [-0.25, -0.2) is 0 Å². The highest BCUT2D eigenvalue weighted by molar-refractivity contribution is 7.12. The van der Waals surface area contributed by atoms with Crippen LogP contribution in [-0.4, -0.2) is 48.9 Å². The molecule has 1 aliphatic rings. The van der Waals surface area contributed by atoms with Gasteiger partial charge in [-0.15, -0.1) is 17.9 Å². The SMILES string of the molecule is C=CCN(C(=O)CNC(=O)c1cccs1)[C@H](C(=O)NC1CCCCC1)c1ccc(OC)cc1. The van der Waals surface area contributed by atoms with E-state index in [1.807, 2.05) is 0 Å². The molecule has 33 heavy (non-hydrogen) atoms. The van der Waals surface area contributed by atoms with E-state index < -0.39 is 6.04 Å². The van der Waals surface area contributed by atoms with E-state index in [2.05, 4.69) is 17.2 Å². The first kappa shape index (κ1) is 24.5. The molecule has 0 saturated heterocycles. The van der Waals surface area contributed by atoms with Gasteiger partial charge in [0.2, 0.25) is 11.8 Å². The molecule has 2 N–H and O–H groups in total. The fourth-order valence-corrected chi connectivity index (χ4v) is 4.67. The third-order valence-corrected chi connectivity index (χ3v) is 6.60. The van der Waals surface area contributed by atoms with E-state index in [0.717, 1.165) is 25.7 Å². The van der Waals surface area contributed by atoms with E-state index in [1.54, 1.807) is 55.0 Å². The second-order valence-corrected chi connectivity index (χ2v) is 8.96. The zero-order valence-corrected chi connectivity index (χ0v) is 19.7. The second-order valence-electron chi connectivity index (χ2n) is 8.01. The first-order chi connectivity index (χ1) is 16.0. The number of hydrogen-bond donors (Lipinski definition) is 2. The highest BCUT2D eigenvalue weighted by Crippen LogP contribution is 2.26. The average Bonchev–Trinajstić information content (AvgIpc) is 3.38. The lowest BCUT2D eigenvalue weighted by Gasteiger charge is -2.33. The predicted octanol–water partition coefficient (Wildman–Crippen LogP) is 3.69. The van der Waals surface area contributed by atoms with Crippen LogP contribution in [0.1, 0.15) is 53.4 Å². The van der Waals surface area contributed by atoms with Gasteiger partial charge < -0.3 is 20.3 Å². The van der Waals surface area contributed by atoms with Crippen molar-refractivity contribution >= 4 is 29.1 Å². The Balaban J connectivity index is 1.81. The lowest BCUT2D eigenvalue weighted by molar-refractivity contribution is -0.139. The molecule has 1 aromatic carbocycles. The number of ether oxygens (including phenoxy) is 1. The Hall–Kier alpha value is -3.13. The molecule has 1 saturated carbocycles. The number of hydrogen-bond acceptors (Lipinski definition) is 5. The van der Waals surface area contributed by atoms with E-state index >= 15 is 0 Å². The number of benzene rings is 1. The van der Waals surface area contributed by atoms with Crippen LogP contribution in [0.4, 0.5) is 0 Å². The summed E-state index contributed by atoms with van der Waals surface area (Å²) in [7, 11) is 1.58. The molecule has 1 heterocycles. The molecular weight excluding hydrogens is 438 g/mol. The molecule has 1 aliphatic carbocycles. The van der Waals surface area contributed by atoms with Crippen LogP contribution in [0.3, 0.4) is 0 Å². The van der Waals surface area contributed by atoms with Crippen LogP contribution in [0.5, 0.6) is 5.75 Å². The molecule has 0 aliphatic heterocycles. The summed E-state index contributed by atoms with van der Waals surface area (Å²) in [6.45, 7) is 3.72. The van der Waals surface area contributed by atoms with Crippen LogP contribution < -0.4 is 15.4 Å². The Morgan fingerprint density at radius 3 is 2.52 bits per heavy atom. The third-order valence-electron chi connectivity index (χ3n) is 5.73. The van der Waals surface area contributed by atoms with Crippen LogP contribution in [0, 0.1) is 0 Å². The van der Waals surface area contributed by atoms with Crippen molar-refractivity contribution in [3.05, 3.63) is 64.9 Å². The summed E-state index contributed by atoms with van der Waals surface area (Å²) in [4.78, 5) is 41.0. The summed E-state index contributed by atoms with van der Waals surface area (Å²) in [6.07, 6.45) is 6.81. The summed E-state index contributed by atoms with van der Waals surface area (Å²) in [6, 6.07) is 9.85. The van der Waals surface area contributed by atoms with Crippen LogP contribution >= 0.6 is 11.3 Å². The number of thiophene rings is 1. The molecular formula is C25H31N3O4S. The van der Waals surface area contributed by atoms with Crippen LogP contribution in [0.2, 0.25) is 0 Å². The minimum Gasteiger partial charge on any atom is -0.497 e. The van der Waals surface area contributed by atoms with Gasteiger partial charge in [-0.1, -0.05) is 43.5 Å². The molecule has 3 amide bonds. The van der Waals surface area contributed by atoms with Gasteiger partial charge in [0.1, 0.15) is 11.8 Å². The quantitative estimate of drug-likeness (QED) is 0.520. The molecule has 2 aromatic rings. The van der Waals surface area contributed by atoms with Crippen molar-refractivity contribution in [2.75, 3.05) is 20.2 Å². The predicted molar refractivity (Wildman–Crippen MR) is 129 cm³/mol. The maximum absolute atomic E-state index is 13.5. The van der Waals surface area contributed by atoms with Crippen molar-refractivity contribution in [1.82, 2.24) is 15.5 Å². The topological polar surface area (TPSA) is 87.7 Å². The monoisotopic (exact) mass is 469 g/mol. The molecule has 1 atom stereocenters. The van der Waals surface area contributed by atoms with Crippen molar-refractivity contribution in [2.24, 2.45) is 0 Å². The molecule has 1 fully saturated rings. The smallest absolute Gasteiger partial charge is 0.261 e. The molecule has 8 heteroatoms.